The van der Waals surface area contributed by atoms with Gasteiger partial charge in [-0.25, -0.2) is 0 Å². The largest absolute Gasteiger partial charge is 0.354 e. The topological polar surface area (TPSA) is 58.2 Å². The zero-order valence-corrected chi connectivity index (χ0v) is 7.51. The molecule has 4 heteroatoms. The standard InChI is InChI=1S/C9H14N2O2/c1-2-8(12)11-7-5-3-4-6-10-9(7)13/h2,7H,1,3-6H2,(H,10,13)(H,11,12)/t7-/m1/s1. The molecule has 1 heterocycles. The smallest absolute Gasteiger partial charge is 0.244 e. The number of nitrogens with one attached hydrogen (secondary N) is 2. The van der Waals surface area contributed by atoms with Crippen LogP contribution in [-0.2, 0) is 9.59 Å². The molecule has 0 bridgehead atoms. The number of carbonyl (C=O) groups excluding carboxylic acids is 2. The molecule has 1 fully saturated rings. The fourth-order valence-electron chi connectivity index (χ4n) is 1.31. The van der Waals surface area contributed by atoms with Crippen LogP contribution in [0.1, 0.15) is 19.3 Å². The SMILES string of the molecule is C=CC(=O)N[C@@H]1CCCCNC1=O. The molecule has 1 aliphatic rings. The molecule has 0 unspecified atom stereocenters. The maximum absolute atomic E-state index is 11.3. The molecule has 2 amide bonds. The summed E-state index contributed by atoms with van der Waals surface area (Å²) >= 11 is 0. The van der Waals surface area contributed by atoms with E-state index in [9.17, 15) is 9.59 Å². The molecule has 0 saturated carbocycles. The van der Waals surface area contributed by atoms with Crippen LogP contribution in [0.5, 0.6) is 0 Å². The number of hydrogen-bond donors (Lipinski definition) is 2. The maximum atomic E-state index is 11.3. The van der Waals surface area contributed by atoms with Crippen molar-refractivity contribution in [2.45, 2.75) is 25.3 Å². The molecule has 0 radical (unpaired) electrons. The average molecular weight is 182 g/mol. The van der Waals surface area contributed by atoms with Gasteiger partial charge >= 0.3 is 0 Å². The zero-order valence-electron chi connectivity index (χ0n) is 7.51. The Morgan fingerprint density at radius 3 is 3.08 bits per heavy atom. The van der Waals surface area contributed by atoms with E-state index in [-0.39, 0.29) is 17.9 Å². The lowest BCUT2D eigenvalue weighted by atomic mass is 10.1. The highest BCUT2D eigenvalue weighted by Gasteiger charge is 2.20. The van der Waals surface area contributed by atoms with Gasteiger partial charge in [0.25, 0.3) is 0 Å². The average Bonchev–Trinajstić information content (AvgIpc) is 2.32. The van der Waals surface area contributed by atoms with Crippen LogP contribution in [-0.4, -0.2) is 24.4 Å². The minimum absolute atomic E-state index is 0.0901. The van der Waals surface area contributed by atoms with Crippen LogP contribution in [0.3, 0.4) is 0 Å². The molecule has 1 saturated heterocycles. The second-order valence-electron chi connectivity index (χ2n) is 3.05. The quantitative estimate of drug-likeness (QED) is 0.589. The van der Waals surface area contributed by atoms with Crippen molar-refractivity contribution < 1.29 is 9.59 Å². The van der Waals surface area contributed by atoms with E-state index in [1.54, 1.807) is 0 Å². The van der Waals surface area contributed by atoms with Gasteiger partial charge in [-0.2, -0.15) is 0 Å². The summed E-state index contributed by atoms with van der Waals surface area (Å²) < 4.78 is 0. The lowest BCUT2D eigenvalue weighted by molar-refractivity contribution is -0.126. The van der Waals surface area contributed by atoms with Crippen LogP contribution in [0.25, 0.3) is 0 Å². The highest BCUT2D eigenvalue weighted by Crippen LogP contribution is 2.04. The van der Waals surface area contributed by atoms with Crippen LogP contribution < -0.4 is 10.6 Å². The Kier molecular flexibility index (Phi) is 3.49. The Labute approximate surface area is 77.4 Å². The van der Waals surface area contributed by atoms with Crippen molar-refractivity contribution in [3.8, 4) is 0 Å². The molecule has 13 heavy (non-hydrogen) atoms. The van der Waals surface area contributed by atoms with E-state index in [2.05, 4.69) is 17.2 Å². The van der Waals surface area contributed by atoms with Gasteiger partial charge in [-0.15, -0.1) is 0 Å². The molecule has 0 spiro atoms. The summed E-state index contributed by atoms with van der Waals surface area (Å²) in [6.45, 7) is 4.04. The van der Waals surface area contributed by atoms with Crippen molar-refractivity contribution in [1.82, 2.24) is 10.6 Å². The minimum Gasteiger partial charge on any atom is -0.354 e. The second-order valence-corrected chi connectivity index (χ2v) is 3.05. The molecule has 1 rings (SSSR count). The third-order valence-electron chi connectivity index (χ3n) is 2.04. The summed E-state index contributed by atoms with van der Waals surface area (Å²) in [6, 6.07) is -0.381. The highest BCUT2D eigenvalue weighted by atomic mass is 16.2. The van der Waals surface area contributed by atoms with Crippen molar-refractivity contribution in [3.63, 3.8) is 0 Å². The third kappa shape index (κ3) is 2.89. The van der Waals surface area contributed by atoms with Crippen molar-refractivity contribution in [2.24, 2.45) is 0 Å². The molecule has 0 aromatic rings. The lowest BCUT2D eigenvalue weighted by Gasteiger charge is -2.13. The van der Waals surface area contributed by atoms with E-state index in [0.29, 0.717) is 13.0 Å². The molecule has 1 aliphatic heterocycles. The fourth-order valence-corrected chi connectivity index (χ4v) is 1.31. The molecule has 2 N–H and O–H groups in total. The second kappa shape index (κ2) is 4.64. The summed E-state index contributed by atoms with van der Waals surface area (Å²) in [4.78, 5) is 22.2. The summed E-state index contributed by atoms with van der Waals surface area (Å²) in [6.07, 6.45) is 3.83. The van der Waals surface area contributed by atoms with Crippen LogP contribution in [0.4, 0.5) is 0 Å². The predicted molar refractivity (Wildman–Crippen MR) is 49.0 cm³/mol. The molecular formula is C9H14N2O2. The van der Waals surface area contributed by atoms with Crippen LogP contribution in [0.2, 0.25) is 0 Å². The molecule has 0 aromatic heterocycles. The third-order valence-corrected chi connectivity index (χ3v) is 2.04. The van der Waals surface area contributed by atoms with Gasteiger partial charge in [0.05, 0.1) is 0 Å². The van der Waals surface area contributed by atoms with E-state index in [1.165, 1.54) is 6.08 Å². The monoisotopic (exact) mass is 182 g/mol. The van der Waals surface area contributed by atoms with Gasteiger partial charge in [-0.1, -0.05) is 6.58 Å². The number of hydrogen-bond acceptors (Lipinski definition) is 2. The first kappa shape index (κ1) is 9.77. The van der Waals surface area contributed by atoms with Gasteiger partial charge in [-0.05, 0) is 25.3 Å². The van der Waals surface area contributed by atoms with Crippen LogP contribution in [0.15, 0.2) is 12.7 Å². The van der Waals surface area contributed by atoms with Crippen molar-refractivity contribution in [1.29, 1.82) is 0 Å². The van der Waals surface area contributed by atoms with Gasteiger partial charge in [0.15, 0.2) is 0 Å². The first-order chi connectivity index (χ1) is 6.24. The van der Waals surface area contributed by atoms with E-state index < -0.39 is 0 Å². The summed E-state index contributed by atoms with van der Waals surface area (Å²) in [5.41, 5.74) is 0. The maximum Gasteiger partial charge on any atom is 0.244 e. The Morgan fingerprint density at radius 2 is 2.38 bits per heavy atom. The Morgan fingerprint density at radius 1 is 1.62 bits per heavy atom. The number of carbonyl (C=O) groups is 2. The van der Waals surface area contributed by atoms with E-state index in [4.69, 9.17) is 0 Å². The van der Waals surface area contributed by atoms with Gasteiger partial charge in [0.2, 0.25) is 11.8 Å². The van der Waals surface area contributed by atoms with Gasteiger partial charge in [0.1, 0.15) is 6.04 Å². The van der Waals surface area contributed by atoms with E-state index >= 15 is 0 Å². The Hall–Kier alpha value is -1.32. The zero-order chi connectivity index (χ0) is 9.68. The first-order valence-electron chi connectivity index (χ1n) is 4.44. The molecule has 0 aromatic carbocycles. The van der Waals surface area contributed by atoms with Crippen molar-refractivity contribution in [3.05, 3.63) is 12.7 Å². The van der Waals surface area contributed by atoms with Crippen molar-refractivity contribution >= 4 is 11.8 Å². The van der Waals surface area contributed by atoms with Gasteiger partial charge in [-0.3, -0.25) is 9.59 Å². The van der Waals surface area contributed by atoms with E-state index in [0.717, 1.165) is 12.8 Å². The minimum atomic E-state index is -0.381. The van der Waals surface area contributed by atoms with Crippen LogP contribution in [0, 0.1) is 0 Å². The van der Waals surface area contributed by atoms with Crippen LogP contribution >= 0.6 is 0 Å². The summed E-state index contributed by atoms with van der Waals surface area (Å²) in [5.74, 6) is -0.380. The molecule has 0 aliphatic carbocycles. The van der Waals surface area contributed by atoms with Gasteiger partial charge < -0.3 is 10.6 Å². The normalized spacial score (nSPS) is 22.8. The van der Waals surface area contributed by atoms with Gasteiger partial charge in [0, 0.05) is 6.54 Å². The fraction of sp³-hybridized carbons (Fsp3) is 0.556. The predicted octanol–water partition coefficient (Wildman–Crippen LogP) is -0.0427. The number of amides is 2. The molecule has 72 valence electrons. The van der Waals surface area contributed by atoms with Crippen molar-refractivity contribution in [2.75, 3.05) is 6.54 Å². The number of rotatable bonds is 2. The molecule has 4 nitrogen and oxygen atoms in total. The summed E-state index contributed by atoms with van der Waals surface area (Å²) in [7, 11) is 0. The summed E-state index contributed by atoms with van der Waals surface area (Å²) in [5, 5.41) is 5.33. The first-order valence-corrected chi connectivity index (χ1v) is 4.44. The Balaban J connectivity index is 2.49. The Bertz CT molecular complexity index is 226. The molecule has 1 atom stereocenters. The molecular weight excluding hydrogens is 168 g/mol. The lowest BCUT2D eigenvalue weighted by Crippen LogP contribution is -2.44. The highest BCUT2D eigenvalue weighted by molar-refractivity contribution is 5.92. The van der Waals surface area contributed by atoms with E-state index in [1.807, 2.05) is 0 Å².